The first-order valence-corrected chi connectivity index (χ1v) is 5.13. The summed E-state index contributed by atoms with van der Waals surface area (Å²) in [5, 5.41) is 9.52. The molecular weight excluding hydrogens is 195 g/mol. The van der Waals surface area contributed by atoms with E-state index in [-0.39, 0.29) is 5.75 Å². The second-order valence-electron chi connectivity index (χ2n) is 3.58. The molecule has 0 radical (unpaired) electrons. The summed E-state index contributed by atoms with van der Waals surface area (Å²) < 4.78 is 18.6. The molecule has 0 aromatic heterocycles. The van der Waals surface area contributed by atoms with Gasteiger partial charge in [-0.25, -0.2) is 4.39 Å². The van der Waals surface area contributed by atoms with Crippen LogP contribution in [0, 0.1) is 0 Å². The van der Waals surface area contributed by atoms with E-state index in [2.05, 4.69) is 0 Å². The molecule has 0 aliphatic carbocycles. The van der Waals surface area contributed by atoms with E-state index in [1.54, 1.807) is 19.2 Å². The van der Waals surface area contributed by atoms with Crippen LogP contribution in [0.2, 0.25) is 0 Å². The summed E-state index contributed by atoms with van der Waals surface area (Å²) in [6.45, 7) is 2.36. The largest absolute Gasteiger partial charge is 0.508 e. The van der Waals surface area contributed by atoms with Gasteiger partial charge in [-0.05, 0) is 24.1 Å². The number of phenolic OH excluding ortho intramolecular Hbond substituents is 1. The van der Waals surface area contributed by atoms with Crippen molar-refractivity contribution in [3.8, 4) is 5.75 Å². The van der Waals surface area contributed by atoms with Crippen molar-refractivity contribution in [1.82, 2.24) is 0 Å². The topological polar surface area (TPSA) is 29.5 Å². The van der Waals surface area contributed by atoms with E-state index in [0.717, 1.165) is 12.0 Å². The van der Waals surface area contributed by atoms with E-state index in [1.165, 1.54) is 6.07 Å². The second-order valence-corrected chi connectivity index (χ2v) is 3.58. The summed E-state index contributed by atoms with van der Waals surface area (Å²) in [6.07, 6.45) is 0.103. The van der Waals surface area contributed by atoms with Crippen LogP contribution in [-0.4, -0.2) is 12.2 Å². The maximum atomic E-state index is 13.6. The van der Waals surface area contributed by atoms with Crippen LogP contribution in [0.5, 0.6) is 5.75 Å². The summed E-state index contributed by atoms with van der Waals surface area (Å²) >= 11 is 0. The van der Waals surface area contributed by atoms with Crippen molar-refractivity contribution in [1.29, 1.82) is 0 Å². The van der Waals surface area contributed by atoms with Crippen LogP contribution in [-0.2, 0) is 11.3 Å². The van der Waals surface area contributed by atoms with Gasteiger partial charge in [-0.2, -0.15) is 0 Å². The number of hydrogen-bond acceptors (Lipinski definition) is 2. The van der Waals surface area contributed by atoms with Gasteiger partial charge in [0.05, 0.1) is 6.61 Å². The van der Waals surface area contributed by atoms with Gasteiger partial charge in [-0.1, -0.05) is 19.4 Å². The van der Waals surface area contributed by atoms with Gasteiger partial charge in [0.2, 0.25) is 0 Å². The quantitative estimate of drug-likeness (QED) is 0.811. The van der Waals surface area contributed by atoms with Gasteiger partial charge in [-0.3, -0.25) is 0 Å². The zero-order valence-electron chi connectivity index (χ0n) is 9.16. The zero-order valence-corrected chi connectivity index (χ0v) is 9.16. The molecule has 0 bridgehead atoms. The van der Waals surface area contributed by atoms with Crippen LogP contribution in [0.3, 0.4) is 0 Å². The molecule has 0 aliphatic heterocycles. The summed E-state index contributed by atoms with van der Waals surface area (Å²) in [4.78, 5) is 0. The van der Waals surface area contributed by atoms with Crippen LogP contribution >= 0.6 is 0 Å². The molecule has 1 unspecified atom stereocenters. The third-order valence-electron chi connectivity index (χ3n) is 2.28. The molecule has 0 amide bonds. The Labute approximate surface area is 89.7 Å². The van der Waals surface area contributed by atoms with E-state index < -0.39 is 6.17 Å². The minimum Gasteiger partial charge on any atom is -0.508 e. The van der Waals surface area contributed by atoms with Crippen LogP contribution in [0.1, 0.15) is 37.1 Å². The van der Waals surface area contributed by atoms with Gasteiger partial charge in [0.1, 0.15) is 11.9 Å². The molecule has 0 spiro atoms. The third kappa shape index (κ3) is 3.20. The Morgan fingerprint density at radius 3 is 2.80 bits per heavy atom. The highest BCUT2D eigenvalue weighted by molar-refractivity contribution is 5.37. The van der Waals surface area contributed by atoms with Crippen LogP contribution in [0.25, 0.3) is 0 Å². The molecule has 2 nitrogen and oxygen atoms in total. The lowest BCUT2D eigenvalue weighted by molar-refractivity contribution is 0.184. The van der Waals surface area contributed by atoms with Crippen LogP contribution in [0.4, 0.5) is 4.39 Å². The molecule has 1 atom stereocenters. The van der Waals surface area contributed by atoms with Crippen molar-refractivity contribution in [3.05, 3.63) is 29.3 Å². The third-order valence-corrected chi connectivity index (χ3v) is 2.28. The van der Waals surface area contributed by atoms with Crippen molar-refractivity contribution in [3.63, 3.8) is 0 Å². The summed E-state index contributed by atoms with van der Waals surface area (Å²) in [5.41, 5.74) is 1.25. The highest BCUT2D eigenvalue weighted by Crippen LogP contribution is 2.31. The SMILES string of the molecule is CCCC(F)c1cc(COC)ccc1O. The highest BCUT2D eigenvalue weighted by atomic mass is 19.1. The lowest BCUT2D eigenvalue weighted by atomic mass is 10.0. The summed E-state index contributed by atoms with van der Waals surface area (Å²) in [7, 11) is 1.59. The van der Waals surface area contributed by atoms with E-state index in [4.69, 9.17) is 4.74 Å². The lowest BCUT2D eigenvalue weighted by Crippen LogP contribution is -1.95. The van der Waals surface area contributed by atoms with Crippen molar-refractivity contribution in [2.45, 2.75) is 32.5 Å². The average molecular weight is 212 g/mol. The number of ether oxygens (including phenoxy) is 1. The Morgan fingerprint density at radius 2 is 2.20 bits per heavy atom. The van der Waals surface area contributed by atoms with Gasteiger partial charge >= 0.3 is 0 Å². The van der Waals surface area contributed by atoms with Gasteiger partial charge in [0, 0.05) is 12.7 Å². The Balaban J connectivity index is 2.89. The molecule has 3 heteroatoms. The number of hydrogen-bond donors (Lipinski definition) is 1. The van der Waals surface area contributed by atoms with Gasteiger partial charge in [0.15, 0.2) is 0 Å². The molecule has 1 rings (SSSR count). The molecule has 1 aromatic rings. The van der Waals surface area contributed by atoms with Crippen LogP contribution < -0.4 is 0 Å². The van der Waals surface area contributed by atoms with Crippen molar-refractivity contribution < 1.29 is 14.2 Å². The van der Waals surface area contributed by atoms with Crippen molar-refractivity contribution >= 4 is 0 Å². The first-order valence-electron chi connectivity index (χ1n) is 5.13. The molecule has 0 saturated heterocycles. The number of methoxy groups -OCH3 is 1. The molecule has 1 N–H and O–H groups in total. The van der Waals surface area contributed by atoms with E-state index in [0.29, 0.717) is 18.6 Å². The predicted octanol–water partition coefficient (Wildman–Crippen LogP) is 3.35. The fourth-order valence-electron chi connectivity index (χ4n) is 1.52. The fraction of sp³-hybridized carbons (Fsp3) is 0.500. The number of aromatic hydroxyl groups is 1. The molecular formula is C12H17FO2. The monoisotopic (exact) mass is 212 g/mol. The normalized spacial score (nSPS) is 12.7. The first kappa shape index (κ1) is 12.0. The van der Waals surface area contributed by atoms with E-state index in [9.17, 15) is 9.50 Å². The zero-order chi connectivity index (χ0) is 11.3. The molecule has 1 aromatic carbocycles. The minimum atomic E-state index is -1.09. The number of rotatable bonds is 5. The second kappa shape index (κ2) is 5.71. The minimum absolute atomic E-state index is 0.0239. The molecule has 0 saturated carbocycles. The summed E-state index contributed by atoms with van der Waals surface area (Å²) in [6, 6.07) is 4.92. The van der Waals surface area contributed by atoms with Crippen molar-refractivity contribution in [2.75, 3.05) is 7.11 Å². The Kier molecular flexibility index (Phi) is 4.56. The van der Waals surface area contributed by atoms with Gasteiger partial charge in [0.25, 0.3) is 0 Å². The average Bonchev–Trinajstić information content (AvgIpc) is 2.21. The smallest absolute Gasteiger partial charge is 0.129 e. The van der Waals surface area contributed by atoms with Gasteiger partial charge < -0.3 is 9.84 Å². The summed E-state index contributed by atoms with van der Waals surface area (Å²) in [5.74, 6) is 0.0239. The fourth-order valence-corrected chi connectivity index (χ4v) is 1.52. The Bertz CT molecular complexity index is 312. The number of alkyl halides is 1. The lowest BCUT2D eigenvalue weighted by Gasteiger charge is -2.11. The maximum Gasteiger partial charge on any atom is 0.129 e. The first-order chi connectivity index (χ1) is 7.19. The number of halogens is 1. The molecule has 0 aliphatic rings. The Morgan fingerprint density at radius 1 is 1.47 bits per heavy atom. The molecule has 0 heterocycles. The van der Waals surface area contributed by atoms with E-state index >= 15 is 0 Å². The standard InChI is InChI=1S/C12H17FO2/c1-3-4-11(13)10-7-9(8-15-2)5-6-12(10)14/h5-7,11,14H,3-4,8H2,1-2H3. The Hall–Kier alpha value is -1.09. The molecule has 84 valence electrons. The van der Waals surface area contributed by atoms with Crippen molar-refractivity contribution in [2.24, 2.45) is 0 Å². The number of phenols is 1. The number of benzene rings is 1. The maximum absolute atomic E-state index is 13.6. The molecule has 0 fully saturated rings. The predicted molar refractivity (Wildman–Crippen MR) is 57.6 cm³/mol. The van der Waals surface area contributed by atoms with Gasteiger partial charge in [-0.15, -0.1) is 0 Å². The van der Waals surface area contributed by atoms with E-state index in [1.807, 2.05) is 6.92 Å². The van der Waals surface area contributed by atoms with Crippen LogP contribution in [0.15, 0.2) is 18.2 Å². The highest BCUT2D eigenvalue weighted by Gasteiger charge is 2.13. The molecule has 15 heavy (non-hydrogen) atoms.